The summed E-state index contributed by atoms with van der Waals surface area (Å²) in [5.41, 5.74) is 22.0. The average Bonchev–Trinajstić information content (AvgIpc) is 3.43. The van der Waals surface area contributed by atoms with Gasteiger partial charge in [-0.2, -0.15) is 0 Å². The summed E-state index contributed by atoms with van der Waals surface area (Å²) in [4.78, 5) is 0. The number of aryl methyl sites for hydroxylation is 2. The summed E-state index contributed by atoms with van der Waals surface area (Å²) < 4.78 is 1.59. The van der Waals surface area contributed by atoms with Gasteiger partial charge in [-0.1, -0.05) is 187 Å². The minimum absolute atomic E-state index is 1.02. The van der Waals surface area contributed by atoms with Crippen molar-refractivity contribution in [2.24, 2.45) is 0 Å². The molecule has 1 heterocycles. The SMILES string of the molecule is CCCCCCCCCCCCCCCCCCCC1=C(c2cccc(CCCC)c2)[N+](=[N-])C(c2ccc(CCCCCC)cc2)=C1CCCC. The zero-order valence-corrected chi connectivity index (χ0v) is 34.0. The van der Waals surface area contributed by atoms with Crippen molar-refractivity contribution in [3.05, 3.63) is 87.5 Å². The molecule has 1 aliphatic rings. The monoisotopic (exact) mass is 695 g/mol. The third-order valence-corrected chi connectivity index (χ3v) is 11.2. The molecule has 0 aliphatic carbocycles. The molecule has 0 aromatic heterocycles. The maximum Gasteiger partial charge on any atom is 0.211 e. The Morgan fingerprint density at radius 2 is 0.765 bits per heavy atom. The van der Waals surface area contributed by atoms with E-state index >= 15 is 0 Å². The van der Waals surface area contributed by atoms with Gasteiger partial charge in [-0.05, 0) is 86.8 Å². The lowest BCUT2D eigenvalue weighted by Gasteiger charge is -2.11. The molecule has 284 valence electrons. The quantitative estimate of drug-likeness (QED) is 0.0554. The van der Waals surface area contributed by atoms with Crippen molar-refractivity contribution in [1.29, 1.82) is 0 Å². The summed E-state index contributed by atoms with van der Waals surface area (Å²) in [7, 11) is 0. The summed E-state index contributed by atoms with van der Waals surface area (Å²) in [6.07, 6.45) is 37.9. The second-order valence-electron chi connectivity index (χ2n) is 15.8. The molecule has 0 radical (unpaired) electrons. The van der Waals surface area contributed by atoms with Crippen LogP contribution in [0.4, 0.5) is 0 Å². The van der Waals surface area contributed by atoms with Crippen molar-refractivity contribution in [3.8, 4) is 0 Å². The van der Waals surface area contributed by atoms with Gasteiger partial charge in [-0.15, -0.1) is 0 Å². The smallest absolute Gasteiger partial charge is 0.211 e. The fourth-order valence-electron chi connectivity index (χ4n) is 8.01. The van der Waals surface area contributed by atoms with E-state index in [2.05, 4.69) is 76.2 Å². The van der Waals surface area contributed by atoms with Gasteiger partial charge >= 0.3 is 0 Å². The largest absolute Gasteiger partial charge is 0.493 e. The van der Waals surface area contributed by atoms with Crippen LogP contribution in [-0.4, -0.2) is 4.70 Å². The maximum atomic E-state index is 12.1. The Kier molecular flexibility index (Phi) is 22.9. The van der Waals surface area contributed by atoms with E-state index < -0.39 is 0 Å². The molecule has 51 heavy (non-hydrogen) atoms. The van der Waals surface area contributed by atoms with E-state index in [1.807, 2.05) is 0 Å². The van der Waals surface area contributed by atoms with Crippen LogP contribution in [0.5, 0.6) is 0 Å². The van der Waals surface area contributed by atoms with Gasteiger partial charge in [0.25, 0.3) is 0 Å². The number of unbranched alkanes of at least 4 members (excludes halogenated alkanes) is 21. The van der Waals surface area contributed by atoms with Crippen molar-refractivity contribution in [2.75, 3.05) is 0 Å². The Balaban J connectivity index is 1.60. The lowest BCUT2D eigenvalue weighted by atomic mass is 9.91. The standard InChI is InChI=1S/C49H78N2/c1-5-9-13-15-16-17-18-19-20-21-22-23-24-25-26-27-29-36-47-46(35-12-8-4)48(44-39-37-42(38-40-44)32-28-14-10-6-2)51(50)49(47)45-34-30-33-43(41-45)31-11-7-3/h30,33-34,37-41H,5-29,31-32,35-36H2,1-4H3. The molecule has 0 amide bonds. The molecule has 0 saturated heterocycles. The van der Waals surface area contributed by atoms with Gasteiger partial charge in [0.2, 0.25) is 11.4 Å². The number of allylic oxidation sites excluding steroid dienone is 2. The molecule has 0 unspecified atom stereocenters. The Morgan fingerprint density at radius 1 is 0.373 bits per heavy atom. The second kappa shape index (κ2) is 27.2. The van der Waals surface area contributed by atoms with E-state index in [1.165, 1.54) is 176 Å². The summed E-state index contributed by atoms with van der Waals surface area (Å²) in [6, 6.07) is 18.2. The van der Waals surface area contributed by atoms with Gasteiger partial charge in [0.15, 0.2) is 0 Å². The van der Waals surface area contributed by atoms with E-state index in [9.17, 15) is 5.53 Å². The summed E-state index contributed by atoms with van der Waals surface area (Å²) in [6.45, 7) is 9.14. The van der Waals surface area contributed by atoms with Crippen LogP contribution in [0.2, 0.25) is 0 Å². The third-order valence-electron chi connectivity index (χ3n) is 11.2. The van der Waals surface area contributed by atoms with Crippen LogP contribution in [0.3, 0.4) is 0 Å². The Bertz CT molecular complexity index is 1280. The zero-order chi connectivity index (χ0) is 36.4. The molecule has 0 bridgehead atoms. The van der Waals surface area contributed by atoms with Crippen molar-refractivity contribution in [1.82, 2.24) is 0 Å². The van der Waals surface area contributed by atoms with E-state index in [0.717, 1.165) is 55.5 Å². The van der Waals surface area contributed by atoms with E-state index in [-0.39, 0.29) is 0 Å². The Morgan fingerprint density at radius 3 is 1.29 bits per heavy atom. The van der Waals surface area contributed by atoms with Gasteiger partial charge in [-0.3, -0.25) is 0 Å². The molecule has 0 saturated carbocycles. The van der Waals surface area contributed by atoms with E-state index in [0.29, 0.717) is 0 Å². The van der Waals surface area contributed by atoms with Crippen LogP contribution in [0.25, 0.3) is 16.9 Å². The van der Waals surface area contributed by atoms with E-state index in [4.69, 9.17) is 0 Å². The first-order valence-corrected chi connectivity index (χ1v) is 22.3. The van der Waals surface area contributed by atoms with Crippen LogP contribution >= 0.6 is 0 Å². The number of hydrogen-bond acceptors (Lipinski definition) is 0. The summed E-state index contributed by atoms with van der Waals surface area (Å²) in [5.74, 6) is 0. The van der Waals surface area contributed by atoms with Gasteiger partial charge in [0.1, 0.15) is 0 Å². The molecule has 0 fully saturated rings. The highest BCUT2D eigenvalue weighted by atomic mass is 15.2. The molecule has 3 rings (SSSR count). The molecule has 2 aromatic carbocycles. The van der Waals surface area contributed by atoms with Gasteiger partial charge in [0.05, 0.1) is 0 Å². The van der Waals surface area contributed by atoms with Gasteiger partial charge in [-0.25, -0.2) is 4.70 Å². The van der Waals surface area contributed by atoms with Crippen molar-refractivity contribution < 1.29 is 4.70 Å². The third kappa shape index (κ3) is 16.0. The molecular weight excluding hydrogens is 617 g/mol. The highest BCUT2D eigenvalue weighted by Crippen LogP contribution is 2.44. The molecule has 1 aliphatic heterocycles. The lowest BCUT2D eigenvalue weighted by molar-refractivity contribution is -0.345. The molecule has 2 heteroatoms. The predicted octanol–water partition coefficient (Wildman–Crippen LogP) is 16.6. The minimum atomic E-state index is 1.02. The summed E-state index contributed by atoms with van der Waals surface area (Å²) in [5, 5.41) is 0. The number of nitrogens with zero attached hydrogens (tertiary/aromatic N) is 2. The molecule has 0 atom stereocenters. The normalized spacial score (nSPS) is 13.3. The first-order chi connectivity index (χ1) is 25.1. The van der Waals surface area contributed by atoms with Crippen molar-refractivity contribution in [2.45, 2.75) is 214 Å². The highest BCUT2D eigenvalue weighted by Gasteiger charge is 2.35. The maximum absolute atomic E-state index is 12.1. The molecule has 0 spiro atoms. The van der Waals surface area contributed by atoms with Gasteiger partial charge < -0.3 is 5.53 Å². The summed E-state index contributed by atoms with van der Waals surface area (Å²) >= 11 is 0. The predicted molar refractivity (Wildman–Crippen MR) is 225 cm³/mol. The number of benzene rings is 2. The molecule has 2 aromatic rings. The first-order valence-electron chi connectivity index (χ1n) is 22.3. The van der Waals surface area contributed by atoms with Gasteiger partial charge in [0, 0.05) is 22.3 Å². The Labute approximate surface area is 316 Å². The lowest BCUT2D eigenvalue weighted by Crippen LogP contribution is -2.03. The molecule has 0 N–H and O–H groups in total. The first kappa shape index (κ1) is 42.9. The Hall–Kier alpha value is -2.48. The second-order valence-corrected chi connectivity index (χ2v) is 15.8. The fraction of sp³-hybridized carbons (Fsp3) is 0.673. The topological polar surface area (TPSA) is 25.3 Å². The number of rotatable bonds is 31. The number of hydrogen-bond donors (Lipinski definition) is 0. The van der Waals surface area contributed by atoms with Crippen LogP contribution in [-0.2, 0) is 12.8 Å². The average molecular weight is 695 g/mol. The molecule has 2 nitrogen and oxygen atoms in total. The fourth-order valence-corrected chi connectivity index (χ4v) is 8.01. The van der Waals surface area contributed by atoms with Crippen LogP contribution in [0, 0.1) is 0 Å². The minimum Gasteiger partial charge on any atom is -0.493 e. The van der Waals surface area contributed by atoms with Crippen LogP contribution in [0.1, 0.15) is 223 Å². The zero-order valence-electron chi connectivity index (χ0n) is 34.0. The van der Waals surface area contributed by atoms with Crippen LogP contribution in [0.15, 0.2) is 59.7 Å². The van der Waals surface area contributed by atoms with Crippen molar-refractivity contribution in [3.63, 3.8) is 0 Å². The molecular formula is C49H78N2. The highest BCUT2D eigenvalue weighted by molar-refractivity contribution is 5.82. The van der Waals surface area contributed by atoms with Crippen LogP contribution < -0.4 is 0 Å². The van der Waals surface area contributed by atoms with Crippen molar-refractivity contribution >= 4 is 11.4 Å². The van der Waals surface area contributed by atoms with E-state index in [1.54, 1.807) is 4.70 Å².